The molecule has 0 saturated carbocycles. The molecule has 0 aliphatic heterocycles. The summed E-state index contributed by atoms with van der Waals surface area (Å²) in [4.78, 5) is 0. The zero-order chi connectivity index (χ0) is 108. The van der Waals surface area contributed by atoms with E-state index in [9.17, 15) is 11.0 Å². The van der Waals surface area contributed by atoms with Gasteiger partial charge in [-0.05, 0) is 241 Å². The van der Waals surface area contributed by atoms with E-state index in [0.29, 0.717) is 66.8 Å². The first-order valence-electron chi connectivity index (χ1n) is 55.6. The highest BCUT2D eigenvalue weighted by Crippen LogP contribution is 2.54. The Morgan fingerprint density at radius 1 is 0.167 bits per heavy atom. The molecule has 3 heterocycles. The van der Waals surface area contributed by atoms with Crippen LogP contribution in [0.3, 0.4) is 0 Å². The maximum absolute atomic E-state index is 9.39. The molecule has 0 amide bonds. The van der Waals surface area contributed by atoms with E-state index in [1.807, 2.05) is 291 Å². The van der Waals surface area contributed by atoms with Crippen molar-refractivity contribution >= 4 is 130 Å². The molecule has 0 bridgehead atoms. The van der Waals surface area contributed by atoms with Crippen molar-refractivity contribution in [1.82, 2.24) is 0 Å². The topological polar surface area (TPSA) is 39.4 Å². The van der Waals surface area contributed by atoms with Gasteiger partial charge in [0.15, 0.2) is 0 Å². The number of hydrogen-bond acceptors (Lipinski definition) is 3. The minimum atomic E-state index is -0.426. The van der Waals surface area contributed by atoms with Gasteiger partial charge >= 0.3 is 0 Å². The second-order valence-electron chi connectivity index (χ2n) is 33.6. The molecule has 0 atom stereocenters. The van der Waals surface area contributed by atoms with Crippen molar-refractivity contribution in [1.29, 1.82) is 0 Å². The Kier molecular flexibility index (Phi) is 13.6. The van der Waals surface area contributed by atoms with Crippen LogP contribution in [0.4, 0.5) is 0 Å². The summed E-state index contributed by atoms with van der Waals surface area (Å²) in [5.74, 6) is 0. The third-order valence-electron chi connectivity index (χ3n) is 26.0. The molecular formula is C129H84O3. The molecule has 0 spiro atoms. The van der Waals surface area contributed by atoms with Gasteiger partial charge in [-0.15, -0.1) is 0 Å². The minimum Gasteiger partial charge on any atom is -0.456 e. The molecule has 27 rings (SSSR count). The molecule has 3 aromatic heterocycles. The normalized spacial score (nSPS) is 14.8. The summed E-state index contributed by atoms with van der Waals surface area (Å²) in [6.45, 7) is 4.35. The lowest BCUT2D eigenvalue weighted by Gasteiger charge is -2.22. The van der Waals surface area contributed by atoms with Crippen molar-refractivity contribution in [2.45, 2.75) is 19.3 Å². The van der Waals surface area contributed by atoms with Crippen molar-refractivity contribution < 1.29 is 46.1 Å². The van der Waals surface area contributed by atoms with Crippen molar-refractivity contribution in [2.75, 3.05) is 0 Å². The minimum absolute atomic E-state index is 0.186. The first-order chi connectivity index (χ1) is 75.2. The first kappa shape index (κ1) is 56.3. The van der Waals surface area contributed by atoms with E-state index in [1.165, 1.54) is 5.56 Å². The van der Waals surface area contributed by atoms with Crippen molar-refractivity contribution in [3.63, 3.8) is 0 Å². The van der Waals surface area contributed by atoms with Crippen LogP contribution in [0.25, 0.3) is 253 Å². The molecule has 132 heavy (non-hydrogen) atoms. The van der Waals surface area contributed by atoms with E-state index in [-0.39, 0.29) is 143 Å². The van der Waals surface area contributed by atoms with Crippen LogP contribution in [0.5, 0.6) is 0 Å². The zero-order valence-corrected chi connectivity index (χ0v) is 70.9. The van der Waals surface area contributed by atoms with Crippen LogP contribution >= 0.6 is 0 Å². The van der Waals surface area contributed by atoms with E-state index in [1.54, 1.807) is 24.3 Å². The van der Waals surface area contributed by atoms with Gasteiger partial charge in [0.1, 0.15) is 33.5 Å². The lowest BCUT2D eigenvalue weighted by atomic mass is 9.81. The number of benzene rings is 23. The van der Waals surface area contributed by atoms with Gasteiger partial charge < -0.3 is 13.3 Å². The Morgan fingerprint density at radius 2 is 0.386 bits per heavy atom. The van der Waals surface area contributed by atoms with Crippen molar-refractivity contribution in [3.8, 4) is 122 Å². The molecule has 1 aliphatic rings. The van der Waals surface area contributed by atoms with Crippen molar-refractivity contribution in [2.24, 2.45) is 0 Å². The molecule has 3 nitrogen and oxygen atoms in total. The second-order valence-corrected chi connectivity index (χ2v) is 33.6. The quantitative estimate of drug-likeness (QED) is 0.128. The number of hydrogen-bond donors (Lipinski definition) is 0. The van der Waals surface area contributed by atoms with Gasteiger partial charge in [0, 0.05) is 37.7 Å². The lowest BCUT2D eigenvalue weighted by molar-refractivity contribution is 0.660. The average molecular weight is 1710 g/mol. The SMILES string of the molecule is [2H]c1c([2H])c([2H])c2c(-c3ccc(-c4cccc5oc6ccccc6c45)cc3)c3c([2H])c([2H])c([2H])c([2H])c3c(-c3ccc(-c4ccccc4)cc3)c2c1[2H].[2H]c1c([2H])c([2H])c2c(-c3ccc(-c4cccc5oc6ccccc6c45)cc3)c3c([2H])c([2H])c([2H])c([2H])c3c(-c3ccccc3)c2c1[2H].[2H]c1c([2H])c([2H])c2c(-c3ccc4c(c3)-c3ccccc3C4(C)C)c3c([2H])c([2H])c([2H])c([2H])c3c(-c3ccc(-c4cccc5oc6ccccc6c45)cc3)c2c1[2H]. The number of fused-ring (bicyclic) bond motifs is 18. The molecule has 0 saturated heterocycles. The van der Waals surface area contributed by atoms with Gasteiger partial charge in [-0.3, -0.25) is 0 Å². The zero-order valence-electron chi connectivity index (χ0n) is 94.9. The Bertz CT molecular complexity index is 10400. The summed E-state index contributed by atoms with van der Waals surface area (Å²) in [7, 11) is 0. The average Bonchev–Trinajstić information content (AvgIpc) is 0.853. The van der Waals surface area contributed by atoms with Crippen molar-refractivity contribution in [3.05, 3.63) is 484 Å². The Labute approximate surface area is 798 Å². The van der Waals surface area contributed by atoms with Gasteiger partial charge in [0.25, 0.3) is 0 Å². The summed E-state index contributed by atoms with van der Waals surface area (Å²) >= 11 is 0. The van der Waals surface area contributed by atoms with E-state index >= 15 is 0 Å². The molecular weight excluding hydrogens is 1600 g/mol. The summed E-state index contributed by atoms with van der Waals surface area (Å²) < 4.78 is 234. The van der Waals surface area contributed by atoms with Crippen LogP contribution < -0.4 is 0 Å². The summed E-state index contributed by atoms with van der Waals surface area (Å²) in [5, 5.41) is 8.22. The molecule has 23 aromatic carbocycles. The maximum Gasteiger partial charge on any atom is 0.136 e. The third kappa shape index (κ3) is 12.9. The molecule has 0 unspecified atom stereocenters. The van der Waals surface area contributed by atoms with Gasteiger partial charge in [-0.2, -0.15) is 0 Å². The summed E-state index contributed by atoms with van der Waals surface area (Å²) in [6.07, 6.45) is 0. The largest absolute Gasteiger partial charge is 0.456 e. The fraction of sp³-hybridized carbons (Fsp3) is 0.0233. The van der Waals surface area contributed by atoms with Crippen LogP contribution in [-0.4, -0.2) is 0 Å². The second kappa shape index (κ2) is 31.8. The molecule has 0 radical (unpaired) electrons. The van der Waals surface area contributed by atoms with Crippen LogP contribution in [0.1, 0.15) is 57.9 Å². The third-order valence-corrected chi connectivity index (χ3v) is 26.0. The highest BCUT2D eigenvalue weighted by molar-refractivity contribution is 6.26. The molecule has 0 N–H and O–H groups in total. The highest BCUT2D eigenvalue weighted by atomic mass is 16.3. The standard InChI is InChI=1S/C47H32O.C44H28O.C38H24O/c1-47(2)40-19-9-7-12-33(40)39-28-31(26-27-41(39)47)45-36-15-5-3-13-34(36)44(35-14-4-6-16-37(35)45)30-24-22-29(23-25-30)32-18-11-21-43-46(32)38-17-8-10-20-42(38)48-43;1-2-11-29(12-3-1)30-21-25-32(26-22-30)42-35-13-4-6-15-37(35)43(38-16-7-5-14-36(38)42)33-27-23-31(24-28-33)34-18-10-20-41-44(34)39-17-8-9-19-40(39)45-41;1-2-11-26(12-3-1)36-29-13-4-6-15-31(29)37(32-16-7-5-14-30(32)36)27-23-21-25(22-24-27)28-18-10-20-35-38(28)33-17-8-9-19-34(33)39-35/h3-28H,1-2H3;1-28H;1-24H/i3D,4D,5D,6D,13D,14D,15D,16D;2*4D,5D,6D,7D,13D,14D,15D,16D. The highest BCUT2D eigenvalue weighted by Gasteiger charge is 2.36. The maximum atomic E-state index is 9.39. The fourth-order valence-electron chi connectivity index (χ4n) is 20.0. The van der Waals surface area contributed by atoms with Gasteiger partial charge in [0.05, 0.1) is 32.9 Å². The Hall–Kier alpha value is -17.0. The molecule has 0 fully saturated rings. The predicted molar refractivity (Wildman–Crippen MR) is 558 cm³/mol. The van der Waals surface area contributed by atoms with Crippen LogP contribution in [0.2, 0.25) is 0 Å². The number of furan rings is 3. The molecule has 26 aromatic rings. The van der Waals surface area contributed by atoms with Gasteiger partial charge in [-0.1, -0.05) is 444 Å². The fourth-order valence-corrected chi connectivity index (χ4v) is 20.0. The van der Waals surface area contributed by atoms with E-state index in [2.05, 4.69) is 26.0 Å². The number of rotatable bonds is 10. The first-order valence-corrected chi connectivity index (χ1v) is 43.6. The molecule has 3 heteroatoms. The van der Waals surface area contributed by atoms with Gasteiger partial charge in [-0.25, -0.2) is 0 Å². The molecule has 618 valence electrons. The monoisotopic (exact) mass is 1700 g/mol. The van der Waals surface area contributed by atoms with E-state index < -0.39 is 72.5 Å². The Balaban J connectivity index is 0.000000120. The smallest absolute Gasteiger partial charge is 0.136 e. The predicted octanol–water partition coefficient (Wildman–Crippen LogP) is 36.7. The summed E-state index contributed by atoms with van der Waals surface area (Å²) in [5.41, 5.74) is 21.5. The van der Waals surface area contributed by atoms with Crippen LogP contribution in [0, 0.1) is 0 Å². The number of para-hydroxylation sites is 3. The lowest BCUT2D eigenvalue weighted by Crippen LogP contribution is -2.14. The van der Waals surface area contributed by atoms with Gasteiger partial charge in [0.2, 0.25) is 0 Å². The van der Waals surface area contributed by atoms with E-state index in [0.717, 1.165) is 127 Å². The Morgan fingerprint density at radius 3 is 0.712 bits per heavy atom. The molecule has 1 aliphatic carbocycles. The summed E-state index contributed by atoms with van der Waals surface area (Å²) in [6, 6.07) is 96.0. The van der Waals surface area contributed by atoms with E-state index in [4.69, 9.17) is 35.2 Å². The van der Waals surface area contributed by atoms with Crippen LogP contribution in [0.15, 0.2) is 486 Å². The van der Waals surface area contributed by atoms with Crippen LogP contribution in [-0.2, 0) is 5.41 Å².